The zero-order chi connectivity index (χ0) is 18.9. The molecule has 2 aromatic rings. The van der Waals surface area contributed by atoms with Crippen LogP contribution in [0.3, 0.4) is 0 Å². The first kappa shape index (κ1) is 19.3. The molecule has 0 fully saturated rings. The summed E-state index contributed by atoms with van der Waals surface area (Å²) in [6, 6.07) is 14.2. The lowest BCUT2D eigenvalue weighted by atomic mass is 10.2. The lowest BCUT2D eigenvalue weighted by molar-refractivity contribution is -0.150. The van der Waals surface area contributed by atoms with Gasteiger partial charge in [-0.15, -0.1) is 0 Å². The van der Waals surface area contributed by atoms with Crippen LogP contribution in [-0.4, -0.2) is 25.1 Å². The van der Waals surface area contributed by atoms with E-state index in [2.05, 4.69) is 5.32 Å². The monoisotopic (exact) mass is 357 g/mol. The molecule has 6 heteroatoms. The summed E-state index contributed by atoms with van der Waals surface area (Å²) >= 11 is 0. The second kappa shape index (κ2) is 9.46. The molecule has 0 aliphatic heterocycles. The van der Waals surface area contributed by atoms with Gasteiger partial charge in [0.05, 0.1) is 12.5 Å². The molecule has 0 atom stereocenters. The highest BCUT2D eigenvalue weighted by Crippen LogP contribution is 2.25. The first-order valence-corrected chi connectivity index (χ1v) is 8.45. The molecule has 0 bridgehead atoms. The Hall–Kier alpha value is -3.02. The van der Waals surface area contributed by atoms with Crippen molar-refractivity contribution in [3.05, 3.63) is 48.5 Å². The van der Waals surface area contributed by atoms with E-state index in [1.165, 1.54) is 0 Å². The first-order valence-electron chi connectivity index (χ1n) is 8.45. The van der Waals surface area contributed by atoms with E-state index in [0.717, 1.165) is 5.75 Å². The summed E-state index contributed by atoms with van der Waals surface area (Å²) in [6.45, 7) is 5.66. The van der Waals surface area contributed by atoms with Crippen LogP contribution in [0.25, 0.3) is 0 Å². The fourth-order valence-corrected chi connectivity index (χ4v) is 2.01. The molecule has 1 N–H and O–H groups in total. The molecular formula is C20H23NO5. The van der Waals surface area contributed by atoms with Crippen molar-refractivity contribution in [2.75, 3.05) is 18.5 Å². The normalized spacial score (nSPS) is 10.3. The molecule has 0 saturated carbocycles. The number of carbonyl (C=O) groups excluding carboxylic acids is 2. The van der Waals surface area contributed by atoms with Gasteiger partial charge in [-0.3, -0.25) is 9.59 Å². The van der Waals surface area contributed by atoms with Crippen LogP contribution in [0.2, 0.25) is 0 Å². The number of benzene rings is 2. The van der Waals surface area contributed by atoms with Crippen molar-refractivity contribution in [2.45, 2.75) is 20.8 Å². The minimum Gasteiger partial charge on any atom is -0.494 e. The highest BCUT2D eigenvalue weighted by Gasteiger charge is 2.11. The average molecular weight is 357 g/mol. The summed E-state index contributed by atoms with van der Waals surface area (Å²) < 4.78 is 16.0. The standard InChI is InChI=1S/C20H23NO5/c1-4-24-16-9-11-18(12-10-16)26-17-7-5-15(6-8-17)21-19(22)13-25-20(23)14(2)3/h5-12,14H,4,13H2,1-3H3,(H,21,22). The van der Waals surface area contributed by atoms with Gasteiger partial charge in [0, 0.05) is 5.69 Å². The van der Waals surface area contributed by atoms with Gasteiger partial charge in [-0.25, -0.2) is 0 Å². The number of amides is 1. The van der Waals surface area contributed by atoms with E-state index in [4.69, 9.17) is 14.2 Å². The smallest absolute Gasteiger partial charge is 0.308 e. The lowest BCUT2D eigenvalue weighted by Gasteiger charge is -2.10. The van der Waals surface area contributed by atoms with Gasteiger partial charge in [-0.1, -0.05) is 13.8 Å². The van der Waals surface area contributed by atoms with E-state index in [0.29, 0.717) is 23.8 Å². The van der Waals surface area contributed by atoms with Crippen molar-refractivity contribution in [1.82, 2.24) is 0 Å². The molecule has 0 aliphatic rings. The third-order valence-electron chi connectivity index (χ3n) is 3.33. The van der Waals surface area contributed by atoms with Crippen LogP contribution in [0, 0.1) is 5.92 Å². The Labute approximate surface area is 153 Å². The Kier molecular flexibility index (Phi) is 7.02. The summed E-state index contributed by atoms with van der Waals surface area (Å²) in [5.41, 5.74) is 0.592. The topological polar surface area (TPSA) is 73.9 Å². The number of carbonyl (C=O) groups is 2. The van der Waals surface area contributed by atoms with Gasteiger partial charge < -0.3 is 19.5 Å². The third kappa shape index (κ3) is 6.12. The number of esters is 1. The van der Waals surface area contributed by atoms with Crippen LogP contribution in [0.5, 0.6) is 17.2 Å². The number of ether oxygens (including phenoxy) is 3. The zero-order valence-corrected chi connectivity index (χ0v) is 15.2. The van der Waals surface area contributed by atoms with Crippen LogP contribution in [0.15, 0.2) is 48.5 Å². The molecule has 0 heterocycles. The van der Waals surface area contributed by atoms with E-state index < -0.39 is 5.97 Å². The van der Waals surface area contributed by atoms with Crippen LogP contribution < -0.4 is 14.8 Å². The van der Waals surface area contributed by atoms with Crippen molar-refractivity contribution in [3.8, 4) is 17.2 Å². The second-order valence-corrected chi connectivity index (χ2v) is 5.84. The summed E-state index contributed by atoms with van der Waals surface area (Å²) in [6.07, 6.45) is 0. The minimum absolute atomic E-state index is 0.262. The van der Waals surface area contributed by atoms with Crippen molar-refractivity contribution in [3.63, 3.8) is 0 Å². The third-order valence-corrected chi connectivity index (χ3v) is 3.33. The van der Waals surface area contributed by atoms with Gasteiger partial charge in [-0.05, 0) is 55.5 Å². The van der Waals surface area contributed by atoms with Gasteiger partial charge >= 0.3 is 5.97 Å². The van der Waals surface area contributed by atoms with Gasteiger partial charge in [0.1, 0.15) is 17.2 Å². The largest absolute Gasteiger partial charge is 0.494 e. The Bertz CT molecular complexity index is 723. The summed E-state index contributed by atoms with van der Waals surface area (Å²) in [4.78, 5) is 23.1. The summed E-state index contributed by atoms with van der Waals surface area (Å²) in [5, 5.41) is 2.66. The van der Waals surface area contributed by atoms with Crippen molar-refractivity contribution < 1.29 is 23.8 Å². The van der Waals surface area contributed by atoms with E-state index >= 15 is 0 Å². The Morgan fingerprint density at radius 1 is 0.923 bits per heavy atom. The number of nitrogens with one attached hydrogen (secondary N) is 1. The molecule has 2 rings (SSSR count). The van der Waals surface area contributed by atoms with Crippen LogP contribution in [-0.2, 0) is 14.3 Å². The fraction of sp³-hybridized carbons (Fsp3) is 0.300. The van der Waals surface area contributed by atoms with Gasteiger partial charge in [0.15, 0.2) is 6.61 Å². The molecule has 0 radical (unpaired) electrons. The van der Waals surface area contributed by atoms with Gasteiger partial charge in [0.25, 0.3) is 5.91 Å². The van der Waals surface area contributed by atoms with Crippen molar-refractivity contribution in [1.29, 1.82) is 0 Å². The quantitative estimate of drug-likeness (QED) is 0.723. The van der Waals surface area contributed by atoms with Crippen molar-refractivity contribution in [2.24, 2.45) is 5.92 Å². The fourth-order valence-electron chi connectivity index (χ4n) is 2.01. The molecular weight excluding hydrogens is 334 g/mol. The van der Waals surface area contributed by atoms with E-state index in [1.54, 1.807) is 38.1 Å². The molecule has 26 heavy (non-hydrogen) atoms. The Balaban J connectivity index is 1.85. The molecule has 1 amide bonds. The molecule has 138 valence electrons. The van der Waals surface area contributed by atoms with Crippen LogP contribution in [0.1, 0.15) is 20.8 Å². The summed E-state index contributed by atoms with van der Waals surface area (Å²) in [7, 11) is 0. The first-order chi connectivity index (χ1) is 12.5. The number of rotatable bonds is 8. The van der Waals surface area contributed by atoms with E-state index in [9.17, 15) is 9.59 Å². The molecule has 0 aliphatic carbocycles. The highest BCUT2D eigenvalue weighted by atomic mass is 16.5. The van der Waals surface area contributed by atoms with Gasteiger partial charge in [0.2, 0.25) is 0 Å². The maximum atomic E-state index is 11.8. The molecule has 0 saturated heterocycles. The minimum atomic E-state index is -0.403. The lowest BCUT2D eigenvalue weighted by Crippen LogP contribution is -2.22. The average Bonchev–Trinajstić information content (AvgIpc) is 2.63. The maximum Gasteiger partial charge on any atom is 0.308 e. The van der Waals surface area contributed by atoms with Gasteiger partial charge in [-0.2, -0.15) is 0 Å². The summed E-state index contributed by atoms with van der Waals surface area (Å²) in [5.74, 6) is 1.06. The molecule has 2 aromatic carbocycles. The number of hydrogen-bond acceptors (Lipinski definition) is 5. The highest BCUT2D eigenvalue weighted by molar-refractivity contribution is 5.92. The second-order valence-electron chi connectivity index (χ2n) is 5.84. The zero-order valence-electron chi connectivity index (χ0n) is 15.2. The SMILES string of the molecule is CCOc1ccc(Oc2ccc(NC(=O)COC(=O)C(C)C)cc2)cc1. The van der Waals surface area contributed by atoms with E-state index in [1.807, 2.05) is 31.2 Å². The molecule has 6 nitrogen and oxygen atoms in total. The molecule has 0 spiro atoms. The van der Waals surface area contributed by atoms with Crippen LogP contribution >= 0.6 is 0 Å². The predicted molar refractivity (Wildman–Crippen MR) is 98.6 cm³/mol. The molecule has 0 aromatic heterocycles. The molecule has 0 unspecified atom stereocenters. The Morgan fingerprint density at radius 3 is 2.00 bits per heavy atom. The Morgan fingerprint density at radius 2 is 1.46 bits per heavy atom. The van der Waals surface area contributed by atoms with Crippen LogP contribution in [0.4, 0.5) is 5.69 Å². The number of hydrogen-bond donors (Lipinski definition) is 1. The number of anilines is 1. The maximum absolute atomic E-state index is 11.8. The predicted octanol–water partition coefficient (Wildman–Crippen LogP) is 4.02. The van der Waals surface area contributed by atoms with E-state index in [-0.39, 0.29) is 18.4 Å². The van der Waals surface area contributed by atoms with Crippen molar-refractivity contribution >= 4 is 17.6 Å².